The number of furan rings is 1. The van der Waals surface area contributed by atoms with Crippen molar-refractivity contribution in [1.82, 2.24) is 0 Å². The van der Waals surface area contributed by atoms with Gasteiger partial charge in [0.25, 0.3) is 5.91 Å². The van der Waals surface area contributed by atoms with Crippen LogP contribution in [0.1, 0.15) is 11.1 Å². The molecule has 0 bridgehead atoms. The van der Waals surface area contributed by atoms with Crippen LogP contribution in [0.25, 0.3) is 11.6 Å². The van der Waals surface area contributed by atoms with Crippen molar-refractivity contribution in [3.63, 3.8) is 0 Å². The highest BCUT2D eigenvalue weighted by Crippen LogP contribution is 2.42. The van der Waals surface area contributed by atoms with Gasteiger partial charge in [-0.25, -0.2) is 0 Å². The van der Waals surface area contributed by atoms with Crippen molar-refractivity contribution in [3.8, 4) is 0 Å². The summed E-state index contributed by atoms with van der Waals surface area (Å²) in [6, 6.07) is 19.5. The Morgan fingerprint density at radius 2 is 1.68 bits per heavy atom. The maximum Gasteiger partial charge on any atom is 0.263 e. The van der Waals surface area contributed by atoms with Crippen LogP contribution in [-0.4, -0.2) is 5.91 Å². The lowest BCUT2D eigenvalue weighted by atomic mass is 10.0. The molecule has 1 aliphatic rings. The zero-order valence-corrected chi connectivity index (χ0v) is 11.8. The SMILES string of the molecule is O=C1/C(=C\c2ccccc2)c2ccccc2N1c1ccoc1. The van der Waals surface area contributed by atoms with Crippen LogP contribution in [0, 0.1) is 0 Å². The molecule has 3 aromatic rings. The summed E-state index contributed by atoms with van der Waals surface area (Å²) in [5.74, 6) is -0.0357. The van der Waals surface area contributed by atoms with Gasteiger partial charge in [-0.2, -0.15) is 0 Å². The minimum Gasteiger partial charge on any atom is -0.470 e. The summed E-state index contributed by atoms with van der Waals surface area (Å²) < 4.78 is 5.13. The first kappa shape index (κ1) is 12.7. The molecule has 106 valence electrons. The molecule has 4 rings (SSSR count). The van der Waals surface area contributed by atoms with Gasteiger partial charge < -0.3 is 4.42 Å². The van der Waals surface area contributed by atoms with Crippen LogP contribution in [0.15, 0.2) is 77.6 Å². The molecule has 1 aromatic heterocycles. The quantitative estimate of drug-likeness (QED) is 0.650. The van der Waals surface area contributed by atoms with E-state index < -0.39 is 0 Å². The van der Waals surface area contributed by atoms with Gasteiger partial charge in [-0.15, -0.1) is 0 Å². The molecule has 0 fully saturated rings. The smallest absolute Gasteiger partial charge is 0.263 e. The summed E-state index contributed by atoms with van der Waals surface area (Å²) >= 11 is 0. The first-order valence-electron chi connectivity index (χ1n) is 7.07. The van der Waals surface area contributed by atoms with Crippen molar-refractivity contribution in [2.24, 2.45) is 0 Å². The summed E-state index contributed by atoms with van der Waals surface area (Å²) in [6.07, 6.45) is 5.09. The van der Waals surface area contributed by atoms with Crippen LogP contribution in [0.2, 0.25) is 0 Å². The van der Waals surface area contributed by atoms with Crippen LogP contribution in [-0.2, 0) is 4.79 Å². The van der Waals surface area contributed by atoms with Gasteiger partial charge in [0.15, 0.2) is 0 Å². The number of para-hydroxylation sites is 1. The van der Waals surface area contributed by atoms with E-state index in [0.717, 1.165) is 22.5 Å². The Hall–Kier alpha value is -3.07. The molecule has 2 heterocycles. The number of rotatable bonds is 2. The molecule has 1 aliphatic heterocycles. The Bertz CT molecular complexity index is 848. The van der Waals surface area contributed by atoms with Gasteiger partial charge in [-0.05, 0) is 17.7 Å². The summed E-state index contributed by atoms with van der Waals surface area (Å²) in [5, 5.41) is 0. The number of hydrogen-bond acceptors (Lipinski definition) is 2. The molecule has 2 aromatic carbocycles. The molecule has 0 radical (unpaired) electrons. The van der Waals surface area contributed by atoms with Crippen LogP contribution in [0.5, 0.6) is 0 Å². The van der Waals surface area contributed by atoms with Gasteiger partial charge >= 0.3 is 0 Å². The number of nitrogens with zero attached hydrogens (tertiary/aromatic N) is 1. The van der Waals surface area contributed by atoms with E-state index in [1.807, 2.05) is 60.7 Å². The van der Waals surface area contributed by atoms with E-state index in [2.05, 4.69) is 0 Å². The van der Waals surface area contributed by atoms with Crippen LogP contribution in [0.3, 0.4) is 0 Å². The number of carbonyl (C=O) groups is 1. The molecular formula is C19H13NO2. The zero-order chi connectivity index (χ0) is 14.9. The largest absolute Gasteiger partial charge is 0.470 e. The van der Waals surface area contributed by atoms with Gasteiger partial charge in [0.1, 0.15) is 6.26 Å². The van der Waals surface area contributed by atoms with E-state index in [0.29, 0.717) is 5.57 Å². The third kappa shape index (κ3) is 1.95. The van der Waals surface area contributed by atoms with Crippen molar-refractivity contribution in [1.29, 1.82) is 0 Å². The minimum absolute atomic E-state index is 0.0357. The highest BCUT2D eigenvalue weighted by Gasteiger charge is 2.33. The summed E-state index contributed by atoms with van der Waals surface area (Å²) in [7, 11) is 0. The molecule has 0 spiro atoms. The average molecular weight is 287 g/mol. The lowest BCUT2D eigenvalue weighted by molar-refractivity contribution is -0.112. The standard InChI is InChI=1S/C19H13NO2/c21-19-17(12-14-6-2-1-3-7-14)16-8-4-5-9-18(16)20(19)15-10-11-22-13-15/h1-13H/b17-12-. The van der Waals surface area contributed by atoms with Crippen molar-refractivity contribution in [2.75, 3.05) is 4.90 Å². The third-order valence-corrected chi connectivity index (χ3v) is 3.74. The van der Waals surface area contributed by atoms with Crippen LogP contribution >= 0.6 is 0 Å². The van der Waals surface area contributed by atoms with Gasteiger partial charge in [0.2, 0.25) is 0 Å². The number of hydrogen-bond donors (Lipinski definition) is 0. The Balaban J connectivity index is 1.88. The van der Waals surface area contributed by atoms with Crippen molar-refractivity contribution in [2.45, 2.75) is 0 Å². The Morgan fingerprint density at radius 3 is 2.45 bits per heavy atom. The van der Waals surface area contributed by atoms with E-state index in [-0.39, 0.29) is 5.91 Å². The maximum absolute atomic E-state index is 12.9. The van der Waals surface area contributed by atoms with E-state index in [4.69, 9.17) is 4.42 Å². The zero-order valence-electron chi connectivity index (χ0n) is 11.8. The first-order chi connectivity index (χ1) is 10.8. The third-order valence-electron chi connectivity index (χ3n) is 3.74. The van der Waals surface area contributed by atoms with Gasteiger partial charge in [-0.1, -0.05) is 48.5 Å². The predicted molar refractivity (Wildman–Crippen MR) is 86.6 cm³/mol. The van der Waals surface area contributed by atoms with E-state index in [9.17, 15) is 4.79 Å². The second kappa shape index (κ2) is 5.04. The number of benzene rings is 2. The second-order valence-electron chi connectivity index (χ2n) is 5.11. The van der Waals surface area contributed by atoms with E-state index in [1.165, 1.54) is 0 Å². The molecule has 1 amide bonds. The normalized spacial score (nSPS) is 15.4. The Morgan fingerprint density at radius 1 is 0.909 bits per heavy atom. The van der Waals surface area contributed by atoms with Crippen LogP contribution < -0.4 is 4.90 Å². The molecule has 0 N–H and O–H groups in total. The summed E-state index contributed by atoms with van der Waals surface area (Å²) in [4.78, 5) is 14.6. The highest BCUT2D eigenvalue weighted by atomic mass is 16.3. The summed E-state index contributed by atoms with van der Waals surface area (Å²) in [5.41, 5.74) is 4.28. The summed E-state index contributed by atoms with van der Waals surface area (Å²) in [6.45, 7) is 0. The fraction of sp³-hybridized carbons (Fsp3) is 0. The topological polar surface area (TPSA) is 33.5 Å². The highest BCUT2D eigenvalue weighted by molar-refractivity contribution is 6.37. The van der Waals surface area contributed by atoms with E-state index >= 15 is 0 Å². The lowest BCUT2D eigenvalue weighted by Gasteiger charge is -2.13. The van der Waals surface area contributed by atoms with Crippen molar-refractivity contribution < 1.29 is 9.21 Å². The fourth-order valence-electron chi connectivity index (χ4n) is 2.74. The molecule has 3 nitrogen and oxygen atoms in total. The second-order valence-corrected chi connectivity index (χ2v) is 5.11. The minimum atomic E-state index is -0.0357. The van der Waals surface area contributed by atoms with E-state index in [1.54, 1.807) is 23.5 Å². The van der Waals surface area contributed by atoms with Gasteiger partial charge in [0.05, 0.1) is 23.2 Å². The van der Waals surface area contributed by atoms with Crippen LogP contribution in [0.4, 0.5) is 11.4 Å². The number of amides is 1. The number of anilines is 2. The number of fused-ring (bicyclic) bond motifs is 1. The molecule has 0 atom stereocenters. The fourth-order valence-corrected chi connectivity index (χ4v) is 2.74. The molecular weight excluding hydrogens is 274 g/mol. The molecule has 0 saturated carbocycles. The molecule has 0 saturated heterocycles. The van der Waals surface area contributed by atoms with Crippen molar-refractivity contribution in [3.05, 3.63) is 84.3 Å². The number of carbonyl (C=O) groups excluding carboxylic acids is 1. The maximum atomic E-state index is 12.9. The lowest BCUT2D eigenvalue weighted by Crippen LogP contribution is -2.19. The predicted octanol–water partition coefficient (Wildman–Crippen LogP) is 4.50. The monoisotopic (exact) mass is 287 g/mol. The Labute approximate surface area is 128 Å². The van der Waals surface area contributed by atoms with Gasteiger partial charge in [-0.3, -0.25) is 9.69 Å². The molecule has 0 unspecified atom stereocenters. The molecule has 3 heteroatoms. The molecule has 22 heavy (non-hydrogen) atoms. The Kier molecular flexibility index (Phi) is 2.90. The average Bonchev–Trinajstić information content (AvgIpc) is 3.16. The molecule has 0 aliphatic carbocycles. The first-order valence-corrected chi connectivity index (χ1v) is 7.07. The van der Waals surface area contributed by atoms with Crippen molar-refractivity contribution >= 4 is 28.9 Å². The van der Waals surface area contributed by atoms with Gasteiger partial charge in [0, 0.05) is 11.6 Å².